The molecule has 0 aromatic carbocycles. The third kappa shape index (κ3) is 12.8. The van der Waals surface area contributed by atoms with E-state index < -0.39 is 46.0 Å². The van der Waals surface area contributed by atoms with Crippen LogP contribution in [0, 0.1) is 11.8 Å². The second-order valence-electron chi connectivity index (χ2n) is 16.1. The van der Waals surface area contributed by atoms with E-state index in [2.05, 4.69) is 0 Å². The summed E-state index contributed by atoms with van der Waals surface area (Å²) in [6.07, 6.45) is 10.5. The van der Waals surface area contributed by atoms with Crippen molar-refractivity contribution < 1.29 is 61.2 Å². The van der Waals surface area contributed by atoms with Crippen molar-refractivity contribution in [1.82, 2.24) is 14.7 Å². The maximum atomic E-state index is 13.1. The predicted octanol–water partition coefficient (Wildman–Crippen LogP) is 4.93. The molecule has 316 valence electrons. The van der Waals surface area contributed by atoms with Gasteiger partial charge in [-0.05, 0) is 63.2 Å². The molecule has 55 heavy (non-hydrogen) atoms. The van der Waals surface area contributed by atoms with E-state index in [1.807, 2.05) is 0 Å². The van der Waals surface area contributed by atoms with Gasteiger partial charge in [0.2, 0.25) is 17.7 Å². The highest BCUT2D eigenvalue weighted by atomic mass is 31.2. The standard InChI is InChI=1S/C37H65N3O13P2/c1-4-35(42)38-21-31(41)18-29(38)25-51-55(47,48)53-33-19-28(39(22-33)36(43)5-2)16-17-50-54(45,46)52-34-20-30(40(23-34)37(44)6-3)24-49-32-14-12-27(13-15-32)26-10-8-7-9-11-26/h26-34,41H,4-25H2,1-3H3,(H,45,46)(H,47,48)/t27?,28-,29+,30+,31-,32?,33-,34-/m1/s1. The molecule has 5 rings (SSSR count). The van der Waals surface area contributed by atoms with Gasteiger partial charge < -0.3 is 34.3 Å². The number of aliphatic hydroxyl groups excluding tert-OH is 1. The molecule has 0 bridgehead atoms. The number of nitrogens with zero attached hydrogens (tertiary/aromatic N) is 3. The zero-order valence-electron chi connectivity index (χ0n) is 32.9. The smallest absolute Gasteiger partial charge is 0.391 e. The molecule has 0 aromatic heterocycles. The Morgan fingerprint density at radius 3 is 1.67 bits per heavy atom. The van der Waals surface area contributed by atoms with Crippen LogP contribution in [0.25, 0.3) is 0 Å². The molecular weight excluding hydrogens is 756 g/mol. The van der Waals surface area contributed by atoms with E-state index in [-0.39, 0.29) is 94.8 Å². The van der Waals surface area contributed by atoms with E-state index in [0.717, 1.165) is 24.7 Å². The summed E-state index contributed by atoms with van der Waals surface area (Å²) in [5.74, 6) is 1.14. The molecule has 0 spiro atoms. The topological polar surface area (TPSA) is 202 Å². The first-order valence-electron chi connectivity index (χ1n) is 20.7. The second kappa shape index (κ2) is 20.5. The minimum Gasteiger partial charge on any atom is -0.391 e. The third-order valence-corrected chi connectivity index (χ3v) is 14.4. The van der Waals surface area contributed by atoms with Gasteiger partial charge in [-0.1, -0.05) is 52.9 Å². The van der Waals surface area contributed by atoms with Crippen LogP contribution in [0.3, 0.4) is 0 Å². The molecule has 3 saturated heterocycles. The molecule has 0 radical (unpaired) electrons. The minimum absolute atomic E-state index is 0.00983. The van der Waals surface area contributed by atoms with Crippen molar-refractivity contribution >= 4 is 33.4 Å². The van der Waals surface area contributed by atoms with Crippen LogP contribution < -0.4 is 0 Å². The number of ether oxygens (including phenoxy) is 1. The van der Waals surface area contributed by atoms with Gasteiger partial charge in [0.25, 0.3) is 0 Å². The molecule has 3 N–H and O–H groups in total. The molecule has 18 heteroatoms. The van der Waals surface area contributed by atoms with Gasteiger partial charge in [-0.15, -0.1) is 0 Å². The number of likely N-dealkylation sites (tertiary alicyclic amines) is 3. The first-order chi connectivity index (χ1) is 26.2. The Bertz CT molecular complexity index is 1380. The van der Waals surface area contributed by atoms with Crippen molar-refractivity contribution in [2.75, 3.05) is 39.5 Å². The van der Waals surface area contributed by atoms with Gasteiger partial charge in [-0.25, -0.2) is 9.13 Å². The maximum Gasteiger partial charge on any atom is 0.472 e. The first kappa shape index (κ1) is 44.6. The van der Waals surface area contributed by atoms with E-state index >= 15 is 0 Å². The molecule has 5 fully saturated rings. The van der Waals surface area contributed by atoms with E-state index in [9.17, 15) is 38.4 Å². The Morgan fingerprint density at radius 1 is 0.600 bits per heavy atom. The molecule has 16 nitrogen and oxygen atoms in total. The summed E-state index contributed by atoms with van der Waals surface area (Å²) in [6.45, 7) is 5.26. The molecule has 0 aromatic rings. The van der Waals surface area contributed by atoms with Crippen molar-refractivity contribution in [2.24, 2.45) is 11.8 Å². The number of carbonyl (C=O) groups excluding carboxylic acids is 3. The lowest BCUT2D eigenvalue weighted by atomic mass is 9.73. The fourth-order valence-corrected chi connectivity index (χ4v) is 11.3. The van der Waals surface area contributed by atoms with Gasteiger partial charge in [0.1, 0.15) is 0 Å². The quantitative estimate of drug-likeness (QED) is 0.157. The number of amides is 3. The SMILES string of the molecule is CCC(=O)N1C[C@H](O)C[C@H]1COP(=O)(O)O[C@@H]1C[C@@H](CCOP(=O)(O)O[C@@H]2C[C@@H](COC3CCC(C4CCCCC4)CC3)N(C(=O)CC)C2)N(C(=O)CC)C1. The fraction of sp³-hybridized carbons (Fsp3) is 0.919. The first-order valence-corrected chi connectivity index (χ1v) is 23.7. The maximum absolute atomic E-state index is 13.1. The Labute approximate surface area is 326 Å². The zero-order valence-corrected chi connectivity index (χ0v) is 34.7. The molecule has 3 amide bonds. The molecule has 2 aliphatic carbocycles. The van der Waals surface area contributed by atoms with Crippen LogP contribution in [0.1, 0.15) is 124 Å². The van der Waals surface area contributed by atoms with Crippen molar-refractivity contribution in [2.45, 2.75) is 166 Å². The van der Waals surface area contributed by atoms with E-state index in [0.29, 0.717) is 19.4 Å². The lowest BCUT2D eigenvalue weighted by molar-refractivity contribution is -0.134. The van der Waals surface area contributed by atoms with Crippen LogP contribution in [-0.4, -0.2) is 129 Å². The molecule has 5 aliphatic rings. The van der Waals surface area contributed by atoms with Crippen molar-refractivity contribution in [3.05, 3.63) is 0 Å². The van der Waals surface area contributed by atoms with Crippen LogP contribution in [0.4, 0.5) is 0 Å². The Kier molecular flexibility index (Phi) is 16.6. The number of carbonyl (C=O) groups is 3. The summed E-state index contributed by atoms with van der Waals surface area (Å²) in [6, 6.07) is -1.36. The number of β-amino-alcohol motifs (C(OH)–C–C–N with tert-alkyl or cyclic N) is 1. The highest BCUT2D eigenvalue weighted by Gasteiger charge is 2.43. The summed E-state index contributed by atoms with van der Waals surface area (Å²) in [5, 5.41) is 10.0. The average Bonchev–Trinajstić information content (AvgIpc) is 3.88. The van der Waals surface area contributed by atoms with Gasteiger partial charge in [0, 0.05) is 44.9 Å². The molecule has 2 saturated carbocycles. The Morgan fingerprint density at radius 2 is 1.09 bits per heavy atom. The van der Waals surface area contributed by atoms with Gasteiger partial charge in [-0.2, -0.15) is 0 Å². The van der Waals surface area contributed by atoms with Crippen molar-refractivity contribution in [1.29, 1.82) is 0 Å². The Hall–Kier alpha value is -1.45. The van der Waals surface area contributed by atoms with Crippen LogP contribution in [0.5, 0.6) is 0 Å². The largest absolute Gasteiger partial charge is 0.472 e. The van der Waals surface area contributed by atoms with Gasteiger partial charge in [0.05, 0.1) is 56.3 Å². The molecule has 3 heterocycles. The predicted molar refractivity (Wildman–Crippen MR) is 201 cm³/mol. The lowest BCUT2D eigenvalue weighted by Gasteiger charge is -2.36. The molecule has 3 aliphatic heterocycles. The summed E-state index contributed by atoms with van der Waals surface area (Å²) >= 11 is 0. The Balaban J connectivity index is 1.07. The number of phosphoric ester groups is 2. The summed E-state index contributed by atoms with van der Waals surface area (Å²) < 4.78 is 54.0. The summed E-state index contributed by atoms with van der Waals surface area (Å²) in [4.78, 5) is 63.7. The van der Waals surface area contributed by atoms with E-state index in [4.69, 9.17) is 22.8 Å². The highest BCUT2D eigenvalue weighted by Crippen LogP contribution is 2.49. The van der Waals surface area contributed by atoms with E-state index in [1.54, 1.807) is 25.7 Å². The summed E-state index contributed by atoms with van der Waals surface area (Å²) in [5.41, 5.74) is 0. The van der Waals surface area contributed by atoms with Gasteiger partial charge in [0.15, 0.2) is 0 Å². The lowest BCUT2D eigenvalue weighted by Crippen LogP contribution is -2.39. The minimum atomic E-state index is -4.61. The van der Waals surface area contributed by atoms with Crippen LogP contribution in [-0.2, 0) is 46.3 Å². The number of rotatable bonds is 18. The number of hydrogen-bond donors (Lipinski definition) is 3. The summed E-state index contributed by atoms with van der Waals surface area (Å²) in [7, 11) is -9.17. The van der Waals surface area contributed by atoms with Crippen molar-refractivity contribution in [3.63, 3.8) is 0 Å². The van der Waals surface area contributed by atoms with E-state index in [1.165, 1.54) is 54.7 Å². The van der Waals surface area contributed by atoms with Crippen LogP contribution in [0.2, 0.25) is 0 Å². The fourth-order valence-electron chi connectivity index (χ4n) is 9.41. The van der Waals surface area contributed by atoms with Crippen molar-refractivity contribution in [3.8, 4) is 0 Å². The monoisotopic (exact) mass is 821 g/mol. The normalized spacial score (nSPS) is 32.8. The van der Waals surface area contributed by atoms with Crippen LogP contribution >= 0.6 is 15.6 Å². The highest BCUT2D eigenvalue weighted by molar-refractivity contribution is 7.47. The molecular formula is C37H65N3O13P2. The molecule has 2 unspecified atom stereocenters. The number of phosphoric acid groups is 2. The average molecular weight is 822 g/mol. The van der Waals surface area contributed by atoms with Crippen LogP contribution in [0.15, 0.2) is 0 Å². The third-order valence-electron chi connectivity index (χ3n) is 12.3. The van der Waals surface area contributed by atoms with Gasteiger partial charge in [-0.3, -0.25) is 32.5 Å². The zero-order chi connectivity index (χ0) is 39.8. The number of aliphatic hydroxyl groups is 1. The number of hydrogen-bond acceptors (Lipinski definition) is 11. The van der Waals surface area contributed by atoms with Gasteiger partial charge >= 0.3 is 15.6 Å². The second-order valence-corrected chi connectivity index (χ2v) is 18.9. The molecule has 8 atom stereocenters.